The van der Waals surface area contributed by atoms with E-state index in [0.29, 0.717) is 12.5 Å². The molecule has 1 atom stereocenters. The van der Waals surface area contributed by atoms with E-state index in [-0.39, 0.29) is 0 Å². The number of hydrogen-bond donors (Lipinski definition) is 0. The molecule has 0 fully saturated rings. The Labute approximate surface area is 59.8 Å². The van der Waals surface area contributed by atoms with Gasteiger partial charge >= 0.3 is 59.2 Å². The molecule has 4 heteroatoms. The molecule has 0 spiro atoms. The van der Waals surface area contributed by atoms with Gasteiger partial charge in [-0.2, -0.15) is 0 Å². The predicted molar refractivity (Wildman–Crippen MR) is 26.8 cm³/mol. The zero-order chi connectivity index (χ0) is 7.28. The third kappa shape index (κ3) is 6.02. The summed E-state index contributed by atoms with van der Waals surface area (Å²) >= 11 is -3.30. The van der Waals surface area contributed by atoms with Gasteiger partial charge in [-0.1, -0.05) is 0 Å². The second-order valence-electron chi connectivity index (χ2n) is 2.03. The van der Waals surface area contributed by atoms with Gasteiger partial charge in [0.1, 0.15) is 0 Å². The molecule has 0 aromatic heterocycles. The molecule has 0 saturated carbocycles. The summed E-state index contributed by atoms with van der Waals surface area (Å²) in [6.45, 7) is 4.31. The van der Waals surface area contributed by atoms with E-state index in [0.717, 1.165) is 6.42 Å². The molecule has 0 aromatic carbocycles. The zero-order valence-electron chi connectivity index (χ0n) is 5.66. The Kier molecular flexibility index (Phi) is 5.05. The maximum atomic E-state index is 9.92. The van der Waals surface area contributed by atoms with Crippen molar-refractivity contribution in [1.82, 2.24) is 0 Å². The fourth-order valence-electron chi connectivity index (χ4n) is 0.306. The Morgan fingerprint density at radius 1 is 1.56 bits per heavy atom. The van der Waals surface area contributed by atoms with Gasteiger partial charge in [-0.25, -0.2) is 0 Å². The Hall–Kier alpha value is 0.144. The van der Waals surface area contributed by atoms with E-state index in [1.165, 1.54) is 0 Å². The predicted octanol–water partition coefficient (Wildman–Crippen LogP) is 1.27. The van der Waals surface area contributed by atoms with Crippen LogP contribution in [0.2, 0.25) is 0 Å². The van der Waals surface area contributed by atoms with E-state index >= 15 is 0 Å². The second kappa shape index (κ2) is 4.97. The minimum atomic E-state index is -3.30. The van der Waals surface area contributed by atoms with Crippen molar-refractivity contribution >= 4 is 0 Å². The van der Waals surface area contributed by atoms with E-state index in [9.17, 15) is 7.35 Å². The molecular formula is C5H11O3V. The molecule has 0 aliphatic carbocycles. The molecule has 9 heavy (non-hydrogen) atoms. The van der Waals surface area contributed by atoms with Gasteiger partial charge in [0.05, 0.1) is 0 Å². The molecule has 0 heterocycles. The van der Waals surface area contributed by atoms with Gasteiger partial charge in [0.25, 0.3) is 0 Å². The second-order valence-corrected chi connectivity index (χ2v) is 3.13. The normalized spacial score (nSPS) is 13.1. The number of hydrogen-bond acceptors (Lipinski definition) is 3. The molecule has 3 nitrogen and oxygen atoms in total. The molecule has 0 radical (unpaired) electrons. The minimum absolute atomic E-state index is 0.351. The van der Waals surface area contributed by atoms with E-state index in [1.807, 2.05) is 13.8 Å². The standard InChI is InChI=1S/C5H11O.2O.V/c1-3-5(2)4-6;;;/h5H,3-4H2,1-2H3;;;/q-1;;;+1. The first kappa shape index (κ1) is 9.14. The first-order chi connectivity index (χ1) is 4.16. The van der Waals surface area contributed by atoms with E-state index < -0.39 is 15.4 Å². The maximum absolute atomic E-state index is 9.92. The third-order valence-electron chi connectivity index (χ3n) is 1.16. The molecule has 54 valence electrons. The van der Waals surface area contributed by atoms with Crippen molar-refractivity contribution < 1.29 is 26.4 Å². The van der Waals surface area contributed by atoms with Gasteiger partial charge < -0.3 is 0 Å². The molecule has 0 bridgehead atoms. The third-order valence-corrected chi connectivity index (χ3v) is 1.72. The Morgan fingerprint density at radius 2 is 2.11 bits per heavy atom. The first-order valence-corrected chi connectivity index (χ1v) is 4.65. The van der Waals surface area contributed by atoms with Gasteiger partial charge in [0.2, 0.25) is 0 Å². The fourth-order valence-corrected chi connectivity index (χ4v) is 0.893. The Balaban J connectivity index is 3.27. The van der Waals surface area contributed by atoms with Crippen LogP contribution >= 0.6 is 0 Å². The van der Waals surface area contributed by atoms with Crippen LogP contribution in [0.3, 0.4) is 0 Å². The summed E-state index contributed by atoms with van der Waals surface area (Å²) < 4.78 is 24.3. The fraction of sp³-hybridized carbons (Fsp3) is 1.00. The first-order valence-electron chi connectivity index (χ1n) is 2.94. The van der Waals surface area contributed by atoms with Crippen molar-refractivity contribution in [1.29, 1.82) is 0 Å². The molecule has 0 rings (SSSR count). The van der Waals surface area contributed by atoms with Gasteiger partial charge in [-0.3, -0.25) is 0 Å². The molecule has 0 amide bonds. The summed E-state index contributed by atoms with van der Waals surface area (Å²) in [5, 5.41) is 0. The summed E-state index contributed by atoms with van der Waals surface area (Å²) in [5.41, 5.74) is 0. The van der Waals surface area contributed by atoms with Crippen LogP contribution in [0.5, 0.6) is 0 Å². The molecule has 0 saturated heterocycles. The van der Waals surface area contributed by atoms with E-state index in [1.54, 1.807) is 0 Å². The van der Waals surface area contributed by atoms with Crippen LogP contribution in [0, 0.1) is 5.92 Å². The molecule has 1 unspecified atom stereocenters. The van der Waals surface area contributed by atoms with Gasteiger partial charge in [-0.05, 0) is 0 Å². The molecule has 0 N–H and O–H groups in total. The topological polar surface area (TPSA) is 43.4 Å². The quantitative estimate of drug-likeness (QED) is 0.638. The average molecular weight is 170 g/mol. The Morgan fingerprint density at radius 3 is 2.44 bits per heavy atom. The monoisotopic (exact) mass is 170 g/mol. The van der Waals surface area contributed by atoms with E-state index in [4.69, 9.17) is 0 Å². The SMILES string of the molecule is CCC(C)C[O][V](=[O])=[O]. The van der Waals surface area contributed by atoms with Crippen LogP contribution in [-0.4, -0.2) is 6.61 Å². The van der Waals surface area contributed by atoms with Crippen LogP contribution in [0.15, 0.2) is 0 Å². The van der Waals surface area contributed by atoms with Crippen molar-refractivity contribution in [3.63, 3.8) is 0 Å². The molecule has 0 aliphatic rings. The average Bonchev–Trinajstić information content (AvgIpc) is 1.83. The van der Waals surface area contributed by atoms with Crippen LogP contribution in [-0.2, 0) is 26.4 Å². The summed E-state index contributed by atoms with van der Waals surface area (Å²) in [5.74, 6) is 0.352. The number of rotatable bonds is 4. The van der Waals surface area contributed by atoms with E-state index in [2.05, 4.69) is 3.66 Å². The van der Waals surface area contributed by atoms with Crippen LogP contribution in [0.1, 0.15) is 20.3 Å². The van der Waals surface area contributed by atoms with Crippen LogP contribution < -0.4 is 0 Å². The van der Waals surface area contributed by atoms with Crippen molar-refractivity contribution in [2.75, 3.05) is 6.61 Å². The van der Waals surface area contributed by atoms with Crippen molar-refractivity contribution in [3.8, 4) is 0 Å². The van der Waals surface area contributed by atoms with Crippen LogP contribution in [0.4, 0.5) is 0 Å². The van der Waals surface area contributed by atoms with Crippen molar-refractivity contribution in [2.24, 2.45) is 5.92 Å². The van der Waals surface area contributed by atoms with Gasteiger partial charge in [0, 0.05) is 0 Å². The molecule has 0 aromatic rings. The van der Waals surface area contributed by atoms with Gasteiger partial charge in [-0.15, -0.1) is 0 Å². The van der Waals surface area contributed by atoms with Crippen LogP contribution in [0.25, 0.3) is 0 Å². The molecule has 0 aliphatic heterocycles. The summed E-state index contributed by atoms with van der Waals surface area (Å²) in [7, 11) is 0. The summed E-state index contributed by atoms with van der Waals surface area (Å²) in [4.78, 5) is 0. The van der Waals surface area contributed by atoms with Crippen molar-refractivity contribution in [3.05, 3.63) is 0 Å². The van der Waals surface area contributed by atoms with Gasteiger partial charge in [0.15, 0.2) is 0 Å². The Bertz CT molecular complexity index is 122. The summed E-state index contributed by atoms with van der Waals surface area (Å²) in [6.07, 6.45) is 0.961. The molecular weight excluding hydrogens is 159 g/mol. The zero-order valence-corrected chi connectivity index (χ0v) is 7.06. The summed E-state index contributed by atoms with van der Waals surface area (Å²) in [6, 6.07) is 0. The van der Waals surface area contributed by atoms with Crippen molar-refractivity contribution in [2.45, 2.75) is 20.3 Å².